The molecule has 0 saturated heterocycles. The topological polar surface area (TPSA) is 37.4 Å². The number of hydrogen-bond acceptors (Lipinski definition) is 2. The van der Waals surface area contributed by atoms with E-state index in [1.54, 1.807) is 16.4 Å². The molecule has 0 aromatic heterocycles. The zero-order valence-electron chi connectivity index (χ0n) is 13.8. The summed E-state index contributed by atoms with van der Waals surface area (Å²) >= 11 is 0. The van der Waals surface area contributed by atoms with Crippen molar-refractivity contribution < 1.29 is 8.42 Å². The van der Waals surface area contributed by atoms with Crippen molar-refractivity contribution in [3.05, 3.63) is 76.9 Å². The lowest BCUT2D eigenvalue weighted by atomic mass is 9.97. The van der Waals surface area contributed by atoms with Gasteiger partial charge in [-0.2, -0.15) is 4.31 Å². The standard InChI is InChI=1S/C20H19NO2S/c1-14-7-9-18(10-8-14)24(22,23)21-12-17-11-16-5-3-4-6-19(16)15(2)20(17)13-21/h3-11H,12-13H2,1-2H3. The maximum Gasteiger partial charge on any atom is 0.243 e. The lowest BCUT2D eigenvalue weighted by Crippen LogP contribution is -2.25. The Balaban J connectivity index is 1.76. The van der Waals surface area contributed by atoms with Gasteiger partial charge in [0.05, 0.1) is 4.90 Å². The summed E-state index contributed by atoms with van der Waals surface area (Å²) in [6, 6.07) is 17.4. The quantitative estimate of drug-likeness (QED) is 0.704. The molecular formula is C20H19NO2S. The molecule has 4 rings (SSSR count). The van der Waals surface area contributed by atoms with Gasteiger partial charge in [0.2, 0.25) is 10.0 Å². The smallest absolute Gasteiger partial charge is 0.207 e. The SMILES string of the molecule is Cc1ccc(S(=O)(=O)N2Cc3cc4ccccc4c(C)c3C2)cc1. The molecule has 122 valence electrons. The van der Waals surface area contributed by atoms with Crippen molar-refractivity contribution in [2.45, 2.75) is 31.8 Å². The summed E-state index contributed by atoms with van der Waals surface area (Å²) < 4.78 is 27.5. The molecule has 0 N–H and O–H groups in total. The van der Waals surface area contributed by atoms with Crippen molar-refractivity contribution >= 4 is 20.8 Å². The summed E-state index contributed by atoms with van der Waals surface area (Å²) in [5.74, 6) is 0. The summed E-state index contributed by atoms with van der Waals surface area (Å²) in [5, 5.41) is 2.37. The number of benzene rings is 3. The van der Waals surface area contributed by atoms with Crippen LogP contribution in [0, 0.1) is 13.8 Å². The Bertz CT molecular complexity index is 1040. The monoisotopic (exact) mass is 337 g/mol. The van der Waals surface area contributed by atoms with E-state index in [4.69, 9.17) is 0 Å². The molecule has 0 atom stereocenters. The minimum atomic E-state index is -3.47. The van der Waals surface area contributed by atoms with E-state index in [0.29, 0.717) is 18.0 Å². The Morgan fingerprint density at radius 3 is 2.38 bits per heavy atom. The van der Waals surface area contributed by atoms with Crippen LogP contribution in [0.2, 0.25) is 0 Å². The summed E-state index contributed by atoms with van der Waals surface area (Å²) in [7, 11) is -3.47. The van der Waals surface area contributed by atoms with Crippen molar-refractivity contribution in [3.63, 3.8) is 0 Å². The van der Waals surface area contributed by atoms with Crippen molar-refractivity contribution in [3.8, 4) is 0 Å². The Morgan fingerprint density at radius 1 is 0.917 bits per heavy atom. The molecule has 1 heterocycles. The minimum Gasteiger partial charge on any atom is -0.207 e. The van der Waals surface area contributed by atoms with E-state index >= 15 is 0 Å². The predicted octanol–water partition coefficient (Wildman–Crippen LogP) is 4.16. The van der Waals surface area contributed by atoms with Crippen LogP contribution < -0.4 is 0 Å². The first-order valence-corrected chi connectivity index (χ1v) is 9.48. The fourth-order valence-corrected chi connectivity index (χ4v) is 4.84. The van der Waals surface area contributed by atoms with Crippen molar-refractivity contribution in [1.82, 2.24) is 4.31 Å². The number of fused-ring (bicyclic) bond motifs is 2. The second-order valence-corrected chi connectivity index (χ2v) is 8.38. The molecule has 0 bridgehead atoms. The van der Waals surface area contributed by atoms with Crippen LogP contribution in [0.15, 0.2) is 59.5 Å². The van der Waals surface area contributed by atoms with Crippen molar-refractivity contribution in [2.24, 2.45) is 0 Å². The summed E-state index contributed by atoms with van der Waals surface area (Å²) in [5.41, 5.74) is 4.50. The Morgan fingerprint density at radius 2 is 1.62 bits per heavy atom. The molecule has 3 nitrogen and oxygen atoms in total. The third-order valence-electron chi connectivity index (χ3n) is 4.87. The van der Waals surface area contributed by atoms with E-state index in [2.05, 4.69) is 25.1 Å². The molecule has 4 heteroatoms. The van der Waals surface area contributed by atoms with Crippen LogP contribution in [0.3, 0.4) is 0 Å². The van der Waals surface area contributed by atoms with Gasteiger partial charge in [0.25, 0.3) is 0 Å². The van der Waals surface area contributed by atoms with Crippen LogP contribution in [0.25, 0.3) is 10.8 Å². The first kappa shape index (κ1) is 15.4. The highest BCUT2D eigenvalue weighted by atomic mass is 32.2. The average Bonchev–Trinajstić information content (AvgIpc) is 3.01. The van der Waals surface area contributed by atoms with Gasteiger partial charge in [-0.25, -0.2) is 8.42 Å². The Labute approximate surface area is 142 Å². The molecule has 1 aliphatic rings. The third kappa shape index (κ3) is 2.34. The zero-order chi connectivity index (χ0) is 16.9. The molecule has 3 aromatic carbocycles. The van der Waals surface area contributed by atoms with E-state index in [9.17, 15) is 8.42 Å². The van der Waals surface area contributed by atoms with Gasteiger partial charge in [-0.15, -0.1) is 0 Å². The summed E-state index contributed by atoms with van der Waals surface area (Å²) in [6.45, 7) is 4.93. The largest absolute Gasteiger partial charge is 0.243 e. The zero-order valence-corrected chi connectivity index (χ0v) is 14.6. The van der Waals surface area contributed by atoms with Gasteiger partial charge in [0, 0.05) is 13.1 Å². The highest BCUT2D eigenvalue weighted by Crippen LogP contribution is 2.34. The Hall–Kier alpha value is -2.17. The molecule has 0 fully saturated rings. The van der Waals surface area contributed by atoms with Gasteiger partial charge in [0.1, 0.15) is 0 Å². The highest BCUT2D eigenvalue weighted by molar-refractivity contribution is 7.89. The lowest BCUT2D eigenvalue weighted by molar-refractivity contribution is 0.431. The van der Waals surface area contributed by atoms with Crippen molar-refractivity contribution in [1.29, 1.82) is 0 Å². The molecule has 0 saturated carbocycles. The van der Waals surface area contributed by atoms with Gasteiger partial charge >= 0.3 is 0 Å². The average molecular weight is 337 g/mol. The fraction of sp³-hybridized carbons (Fsp3) is 0.200. The van der Waals surface area contributed by atoms with Crippen LogP contribution in [-0.2, 0) is 23.1 Å². The van der Waals surface area contributed by atoms with Crippen LogP contribution in [-0.4, -0.2) is 12.7 Å². The third-order valence-corrected chi connectivity index (χ3v) is 6.68. The van der Waals surface area contributed by atoms with Crippen LogP contribution in [0.5, 0.6) is 0 Å². The summed E-state index contributed by atoms with van der Waals surface area (Å²) in [4.78, 5) is 0.364. The highest BCUT2D eigenvalue weighted by Gasteiger charge is 2.31. The van der Waals surface area contributed by atoms with E-state index in [0.717, 1.165) is 16.7 Å². The number of hydrogen-bond donors (Lipinski definition) is 0. The molecular weight excluding hydrogens is 318 g/mol. The van der Waals surface area contributed by atoms with Crippen LogP contribution in [0.4, 0.5) is 0 Å². The minimum absolute atomic E-state index is 0.364. The molecule has 0 amide bonds. The van der Waals surface area contributed by atoms with Gasteiger partial charge < -0.3 is 0 Å². The van der Waals surface area contributed by atoms with Gasteiger partial charge in [-0.05, 0) is 59.5 Å². The van der Waals surface area contributed by atoms with E-state index in [-0.39, 0.29) is 0 Å². The second-order valence-electron chi connectivity index (χ2n) is 6.45. The predicted molar refractivity (Wildman–Crippen MR) is 96.3 cm³/mol. The number of aryl methyl sites for hydroxylation is 2. The first-order valence-electron chi connectivity index (χ1n) is 8.04. The van der Waals surface area contributed by atoms with Gasteiger partial charge in [-0.3, -0.25) is 0 Å². The van der Waals surface area contributed by atoms with E-state index in [1.807, 2.05) is 31.2 Å². The number of sulfonamides is 1. The molecule has 0 aliphatic carbocycles. The van der Waals surface area contributed by atoms with Crippen LogP contribution in [0.1, 0.15) is 22.3 Å². The summed E-state index contributed by atoms with van der Waals surface area (Å²) in [6.07, 6.45) is 0. The molecule has 24 heavy (non-hydrogen) atoms. The van der Waals surface area contributed by atoms with Gasteiger partial charge in [-0.1, -0.05) is 42.0 Å². The second kappa shape index (κ2) is 5.43. The lowest BCUT2D eigenvalue weighted by Gasteiger charge is -2.15. The first-order chi connectivity index (χ1) is 11.5. The Kier molecular flexibility index (Phi) is 3.48. The van der Waals surface area contributed by atoms with Crippen LogP contribution >= 0.6 is 0 Å². The van der Waals surface area contributed by atoms with E-state index < -0.39 is 10.0 Å². The maximum absolute atomic E-state index is 12.9. The van der Waals surface area contributed by atoms with Gasteiger partial charge in [0.15, 0.2) is 0 Å². The molecule has 3 aromatic rings. The fourth-order valence-electron chi connectivity index (χ4n) is 3.46. The van der Waals surface area contributed by atoms with Crippen molar-refractivity contribution in [2.75, 3.05) is 0 Å². The molecule has 0 unspecified atom stereocenters. The number of nitrogens with zero attached hydrogens (tertiary/aromatic N) is 1. The maximum atomic E-state index is 12.9. The van der Waals surface area contributed by atoms with E-state index in [1.165, 1.54) is 16.3 Å². The molecule has 1 aliphatic heterocycles. The molecule has 0 spiro atoms. The number of rotatable bonds is 2. The molecule has 0 radical (unpaired) electrons. The normalized spacial score (nSPS) is 14.9.